The van der Waals surface area contributed by atoms with E-state index in [9.17, 15) is 9.59 Å². The maximum atomic E-state index is 12.9. The van der Waals surface area contributed by atoms with E-state index in [1.54, 1.807) is 13.8 Å². The van der Waals surface area contributed by atoms with Crippen molar-refractivity contribution in [2.24, 2.45) is 5.41 Å². The Bertz CT molecular complexity index is 866. The molecule has 1 saturated heterocycles. The zero-order chi connectivity index (χ0) is 21.0. The van der Waals surface area contributed by atoms with Gasteiger partial charge in [-0.2, -0.15) is 0 Å². The first-order chi connectivity index (χ1) is 13.8. The number of benzene rings is 2. The summed E-state index contributed by atoms with van der Waals surface area (Å²) >= 11 is 0. The molecule has 1 aliphatic rings. The summed E-state index contributed by atoms with van der Waals surface area (Å²) in [5.74, 6) is -0.375. The van der Waals surface area contributed by atoms with Crippen LogP contribution >= 0.6 is 0 Å². The maximum absolute atomic E-state index is 12.9. The lowest BCUT2D eigenvalue weighted by Crippen LogP contribution is -2.41. The topological polar surface area (TPSA) is 61.4 Å². The van der Waals surface area contributed by atoms with E-state index in [-0.39, 0.29) is 17.7 Å². The predicted molar refractivity (Wildman–Crippen MR) is 119 cm³/mol. The Morgan fingerprint density at radius 1 is 0.897 bits per heavy atom. The van der Waals surface area contributed by atoms with Gasteiger partial charge in [0.2, 0.25) is 11.8 Å². The van der Waals surface area contributed by atoms with E-state index < -0.39 is 5.41 Å². The van der Waals surface area contributed by atoms with Crippen LogP contribution in [-0.4, -0.2) is 24.9 Å². The second-order valence-corrected chi connectivity index (χ2v) is 8.52. The minimum Gasteiger partial charge on any atom is -0.372 e. The minimum atomic E-state index is -1.21. The Morgan fingerprint density at radius 3 is 2.10 bits per heavy atom. The second-order valence-electron chi connectivity index (χ2n) is 8.52. The molecule has 1 aliphatic heterocycles. The summed E-state index contributed by atoms with van der Waals surface area (Å²) in [7, 11) is 0. The van der Waals surface area contributed by atoms with Crippen molar-refractivity contribution >= 4 is 28.9 Å². The second kappa shape index (κ2) is 8.68. The number of nitrogens with one attached hydrogen (secondary N) is 2. The first-order valence-corrected chi connectivity index (χ1v) is 10.4. The summed E-state index contributed by atoms with van der Waals surface area (Å²) in [6, 6.07) is 15.5. The molecule has 29 heavy (non-hydrogen) atoms. The van der Waals surface area contributed by atoms with Gasteiger partial charge in [0.1, 0.15) is 5.41 Å². The average molecular weight is 394 g/mol. The fourth-order valence-electron chi connectivity index (χ4n) is 3.51. The molecule has 0 saturated carbocycles. The molecule has 0 aliphatic carbocycles. The lowest BCUT2D eigenvalue weighted by molar-refractivity contribution is -0.135. The number of para-hydroxylation sites is 1. The highest BCUT2D eigenvalue weighted by Gasteiger charge is 2.36. The van der Waals surface area contributed by atoms with Crippen LogP contribution in [-0.2, 0) is 9.59 Å². The van der Waals surface area contributed by atoms with Gasteiger partial charge in [-0.15, -0.1) is 0 Å². The number of carbonyl (C=O) groups is 2. The Kier molecular flexibility index (Phi) is 6.26. The van der Waals surface area contributed by atoms with E-state index in [2.05, 4.69) is 29.4 Å². The van der Waals surface area contributed by atoms with Gasteiger partial charge in [0.25, 0.3) is 0 Å². The maximum Gasteiger partial charge on any atom is 0.239 e. The lowest BCUT2D eigenvalue weighted by atomic mass is 9.90. The van der Waals surface area contributed by atoms with Gasteiger partial charge in [-0.3, -0.25) is 9.59 Å². The van der Waals surface area contributed by atoms with Crippen LogP contribution in [0, 0.1) is 5.41 Å². The number of hydrogen-bond acceptors (Lipinski definition) is 3. The molecule has 2 aromatic rings. The molecule has 1 heterocycles. The first kappa shape index (κ1) is 20.9. The summed E-state index contributed by atoms with van der Waals surface area (Å²) < 4.78 is 0. The van der Waals surface area contributed by atoms with E-state index in [0.29, 0.717) is 5.69 Å². The van der Waals surface area contributed by atoms with Gasteiger partial charge >= 0.3 is 0 Å². The fourth-order valence-corrected chi connectivity index (χ4v) is 3.51. The van der Waals surface area contributed by atoms with E-state index in [1.807, 2.05) is 48.5 Å². The van der Waals surface area contributed by atoms with Gasteiger partial charge in [-0.05, 0) is 68.5 Å². The van der Waals surface area contributed by atoms with Crippen LogP contribution in [0.1, 0.15) is 52.0 Å². The average Bonchev–Trinajstić information content (AvgIpc) is 3.23. The van der Waals surface area contributed by atoms with Crippen LogP contribution in [0.15, 0.2) is 48.5 Å². The summed E-state index contributed by atoms with van der Waals surface area (Å²) in [5, 5.41) is 5.82. The molecule has 0 unspecified atom stereocenters. The third-order valence-corrected chi connectivity index (χ3v) is 5.56. The molecule has 5 nitrogen and oxygen atoms in total. The summed E-state index contributed by atoms with van der Waals surface area (Å²) in [5.41, 5.74) is 2.46. The molecule has 5 heteroatoms. The summed E-state index contributed by atoms with van der Waals surface area (Å²) in [6.45, 7) is 9.61. The fraction of sp³-hybridized carbons (Fsp3) is 0.417. The molecule has 3 rings (SSSR count). The summed E-state index contributed by atoms with van der Waals surface area (Å²) in [4.78, 5) is 28.1. The zero-order valence-corrected chi connectivity index (χ0v) is 17.8. The molecular formula is C24H31N3O2. The first-order valence-electron chi connectivity index (χ1n) is 10.4. The number of rotatable bonds is 6. The number of nitrogens with zero attached hydrogens (tertiary/aromatic N) is 1. The Hall–Kier alpha value is -2.82. The molecule has 154 valence electrons. The van der Waals surface area contributed by atoms with Crippen molar-refractivity contribution in [1.29, 1.82) is 0 Å². The van der Waals surface area contributed by atoms with Gasteiger partial charge in [0.05, 0.1) is 0 Å². The van der Waals surface area contributed by atoms with Gasteiger partial charge in [-0.1, -0.05) is 32.0 Å². The van der Waals surface area contributed by atoms with Crippen LogP contribution in [0.4, 0.5) is 17.1 Å². The van der Waals surface area contributed by atoms with Crippen LogP contribution in [0.25, 0.3) is 0 Å². The SMILES string of the molecule is CC(C)c1ccccc1NC(=O)C(C)(C)C(=O)Nc1ccc(N2CCCC2)cc1. The van der Waals surface area contributed by atoms with Crippen molar-refractivity contribution in [2.75, 3.05) is 28.6 Å². The van der Waals surface area contributed by atoms with Crippen molar-refractivity contribution in [3.63, 3.8) is 0 Å². The van der Waals surface area contributed by atoms with Crippen LogP contribution < -0.4 is 15.5 Å². The van der Waals surface area contributed by atoms with Crippen molar-refractivity contribution in [1.82, 2.24) is 0 Å². The Balaban J connectivity index is 1.67. The van der Waals surface area contributed by atoms with Crippen LogP contribution in [0.2, 0.25) is 0 Å². The highest BCUT2D eigenvalue weighted by atomic mass is 16.2. The highest BCUT2D eigenvalue weighted by molar-refractivity contribution is 6.14. The lowest BCUT2D eigenvalue weighted by Gasteiger charge is -2.24. The van der Waals surface area contributed by atoms with Gasteiger partial charge in [0, 0.05) is 30.2 Å². The number of carbonyl (C=O) groups excluding carboxylic acids is 2. The minimum absolute atomic E-state index is 0.276. The highest BCUT2D eigenvalue weighted by Crippen LogP contribution is 2.28. The number of amides is 2. The Labute approximate surface area is 173 Å². The molecule has 0 aromatic heterocycles. The van der Waals surface area contributed by atoms with Crippen molar-refractivity contribution in [2.45, 2.75) is 46.5 Å². The monoisotopic (exact) mass is 393 g/mol. The van der Waals surface area contributed by atoms with Gasteiger partial charge in [-0.25, -0.2) is 0 Å². The normalized spacial score (nSPS) is 14.2. The Morgan fingerprint density at radius 2 is 1.48 bits per heavy atom. The smallest absolute Gasteiger partial charge is 0.239 e. The van der Waals surface area contributed by atoms with Crippen LogP contribution in [0.5, 0.6) is 0 Å². The van der Waals surface area contributed by atoms with E-state index in [0.717, 1.165) is 24.3 Å². The van der Waals surface area contributed by atoms with Crippen molar-refractivity contribution in [3.8, 4) is 0 Å². The molecule has 0 atom stereocenters. The molecule has 2 aromatic carbocycles. The van der Waals surface area contributed by atoms with Gasteiger partial charge in [0.15, 0.2) is 0 Å². The van der Waals surface area contributed by atoms with Gasteiger partial charge < -0.3 is 15.5 Å². The quantitative estimate of drug-likeness (QED) is 0.678. The van der Waals surface area contributed by atoms with E-state index in [4.69, 9.17) is 0 Å². The molecular weight excluding hydrogens is 362 g/mol. The third kappa shape index (κ3) is 4.78. The zero-order valence-electron chi connectivity index (χ0n) is 17.8. The largest absolute Gasteiger partial charge is 0.372 e. The molecule has 0 bridgehead atoms. The van der Waals surface area contributed by atoms with E-state index >= 15 is 0 Å². The molecule has 0 spiro atoms. The molecule has 2 amide bonds. The number of hydrogen-bond donors (Lipinski definition) is 2. The van der Waals surface area contributed by atoms with Crippen molar-refractivity contribution < 1.29 is 9.59 Å². The molecule has 2 N–H and O–H groups in total. The standard InChI is InChI=1S/C24H31N3O2/c1-17(2)20-9-5-6-10-21(20)26-23(29)24(3,4)22(28)25-18-11-13-19(14-12-18)27-15-7-8-16-27/h5-6,9-14,17H,7-8,15-16H2,1-4H3,(H,25,28)(H,26,29). The predicted octanol–water partition coefficient (Wildman–Crippen LogP) is 5.01. The van der Waals surface area contributed by atoms with E-state index in [1.165, 1.54) is 18.5 Å². The number of anilines is 3. The summed E-state index contributed by atoms with van der Waals surface area (Å²) in [6.07, 6.45) is 2.45. The third-order valence-electron chi connectivity index (χ3n) is 5.56. The van der Waals surface area contributed by atoms with Crippen LogP contribution in [0.3, 0.4) is 0 Å². The molecule has 1 fully saturated rings. The van der Waals surface area contributed by atoms with Crippen molar-refractivity contribution in [3.05, 3.63) is 54.1 Å². The molecule has 0 radical (unpaired) electrons.